The van der Waals surface area contributed by atoms with Crippen molar-refractivity contribution in [3.8, 4) is 33.6 Å². The maximum Gasteiger partial charge on any atom is 0.165 e. The molecule has 3 N–H and O–H groups in total. The van der Waals surface area contributed by atoms with Gasteiger partial charge in [0.15, 0.2) is 11.4 Å². The van der Waals surface area contributed by atoms with Crippen LogP contribution in [0.2, 0.25) is 0 Å². The second-order valence-electron chi connectivity index (χ2n) is 8.57. The molecular weight excluding hydrogens is 436 g/mol. The van der Waals surface area contributed by atoms with Gasteiger partial charge in [-0.15, -0.1) is 0 Å². The number of hydrogen-bond donors (Lipinski definition) is 2. The van der Waals surface area contributed by atoms with Gasteiger partial charge in [0.2, 0.25) is 0 Å². The summed E-state index contributed by atoms with van der Waals surface area (Å²) >= 11 is 0. The van der Waals surface area contributed by atoms with Gasteiger partial charge in [0.05, 0.1) is 23.1 Å². The number of benzene rings is 2. The number of rotatable bonds is 4. The second kappa shape index (κ2) is 7.92. The first-order valence-electron chi connectivity index (χ1n) is 11.3. The molecule has 2 aromatic carbocycles. The highest BCUT2D eigenvalue weighted by atomic mass is 16.1. The largest absolute Gasteiger partial charge is 0.383 e. The normalized spacial score (nSPS) is 12.5. The number of pyridine rings is 1. The summed E-state index contributed by atoms with van der Waals surface area (Å²) in [5.74, 6) is 0.0883. The number of nitrogens with zero attached hydrogens (tertiary/aromatic N) is 4. The van der Waals surface area contributed by atoms with Crippen LogP contribution in [0.5, 0.6) is 0 Å². The molecule has 0 aliphatic carbocycles. The van der Waals surface area contributed by atoms with Crippen LogP contribution in [0.4, 0.5) is 5.82 Å². The molecule has 0 saturated heterocycles. The number of hydrogen-bond acceptors (Lipinski definition) is 6. The molecule has 4 heterocycles. The Kier molecular flexibility index (Phi) is 4.70. The first kappa shape index (κ1) is 20.8. The van der Waals surface area contributed by atoms with E-state index in [2.05, 4.69) is 22.0 Å². The first-order chi connectivity index (χ1) is 17.0. The zero-order valence-corrected chi connectivity index (χ0v) is 19.1. The summed E-state index contributed by atoms with van der Waals surface area (Å²) in [6.45, 7) is 6.32. The van der Waals surface area contributed by atoms with Crippen molar-refractivity contribution in [2.75, 3.05) is 5.73 Å². The average molecular weight is 459 g/mol. The molecule has 0 amide bonds. The minimum atomic E-state index is -0.171. The van der Waals surface area contributed by atoms with E-state index in [9.17, 15) is 4.79 Å². The molecule has 0 spiro atoms. The average Bonchev–Trinajstić information content (AvgIpc) is 3.48. The van der Waals surface area contributed by atoms with E-state index >= 15 is 0 Å². The molecule has 0 fully saturated rings. The summed E-state index contributed by atoms with van der Waals surface area (Å²) < 4.78 is 1.52. The number of nitrogens with two attached hydrogens (primary N) is 1. The molecule has 170 valence electrons. The lowest BCUT2D eigenvalue weighted by Gasteiger charge is -2.13. The Bertz CT molecular complexity index is 1630. The van der Waals surface area contributed by atoms with Crippen molar-refractivity contribution in [1.29, 1.82) is 0 Å². The van der Waals surface area contributed by atoms with E-state index in [1.165, 1.54) is 11.4 Å². The van der Waals surface area contributed by atoms with Crippen molar-refractivity contribution in [2.24, 2.45) is 0 Å². The number of nitrogens with one attached hydrogen (secondary N) is 1. The molecule has 0 saturated carbocycles. The smallest absolute Gasteiger partial charge is 0.165 e. The van der Waals surface area contributed by atoms with E-state index in [1.54, 1.807) is 12.4 Å². The van der Waals surface area contributed by atoms with Gasteiger partial charge < -0.3 is 11.1 Å². The van der Waals surface area contributed by atoms with Gasteiger partial charge in [-0.05, 0) is 24.6 Å². The summed E-state index contributed by atoms with van der Waals surface area (Å²) in [4.78, 5) is 22.2. The van der Waals surface area contributed by atoms with Crippen molar-refractivity contribution in [3.05, 3.63) is 96.3 Å². The predicted octanol–water partition coefficient (Wildman–Crippen LogP) is 4.98. The Hall–Kier alpha value is -4.78. The Morgan fingerprint density at radius 3 is 2.54 bits per heavy atom. The van der Waals surface area contributed by atoms with Crippen LogP contribution in [0.25, 0.3) is 45.0 Å². The zero-order chi connectivity index (χ0) is 24.1. The quantitative estimate of drug-likeness (QED) is 0.369. The predicted molar refractivity (Wildman–Crippen MR) is 137 cm³/mol. The topological polar surface area (TPSA) is 98.2 Å². The monoisotopic (exact) mass is 458 g/mol. The molecule has 1 aliphatic rings. The highest BCUT2D eigenvalue weighted by Gasteiger charge is 2.23. The molecule has 0 radical (unpaired) electrons. The maximum absolute atomic E-state index is 12.7. The van der Waals surface area contributed by atoms with Crippen LogP contribution in [-0.2, 0) is 6.54 Å². The molecule has 35 heavy (non-hydrogen) atoms. The second-order valence-corrected chi connectivity index (χ2v) is 8.57. The lowest BCUT2D eigenvalue weighted by atomic mass is 9.98. The van der Waals surface area contributed by atoms with E-state index in [4.69, 9.17) is 10.7 Å². The van der Waals surface area contributed by atoms with E-state index in [-0.39, 0.29) is 11.6 Å². The van der Waals surface area contributed by atoms with Gasteiger partial charge in [-0.25, -0.2) is 4.98 Å². The molecule has 0 unspecified atom stereocenters. The molecular formula is C28H22N6O. The molecule has 5 aromatic rings. The summed E-state index contributed by atoms with van der Waals surface area (Å²) in [6, 6.07) is 20.0. The summed E-state index contributed by atoms with van der Waals surface area (Å²) in [7, 11) is 0. The molecule has 0 bridgehead atoms. The van der Waals surface area contributed by atoms with Crippen molar-refractivity contribution in [1.82, 2.24) is 24.9 Å². The third-order valence-electron chi connectivity index (χ3n) is 6.38. The highest BCUT2D eigenvalue weighted by Crippen LogP contribution is 2.34. The number of Topliss-reactive ketones (excluding diaryl/α,β-unsaturated/α-hetero) is 1. The standard InChI is InChI=1S/C28H22N6O/c1-16-22-12-19(8-9-20(22)13-30-16)26-25(17(2)35)27(29)34-28(33-26)23(15-32-34)21-10-11-24(31-14-21)18-6-4-3-5-7-18/h3-12,14-15,30H,1,13,29H2,2H3. The third-order valence-corrected chi connectivity index (χ3v) is 6.38. The minimum absolute atomic E-state index is 0.171. The lowest BCUT2D eigenvalue weighted by Crippen LogP contribution is -2.11. The van der Waals surface area contributed by atoms with Crippen LogP contribution in [0, 0.1) is 0 Å². The van der Waals surface area contributed by atoms with Crippen LogP contribution in [0.1, 0.15) is 28.4 Å². The van der Waals surface area contributed by atoms with Crippen LogP contribution in [0.3, 0.4) is 0 Å². The van der Waals surface area contributed by atoms with Gasteiger partial charge in [-0.2, -0.15) is 9.61 Å². The van der Waals surface area contributed by atoms with Crippen molar-refractivity contribution in [3.63, 3.8) is 0 Å². The molecule has 3 aromatic heterocycles. The fourth-order valence-electron chi connectivity index (χ4n) is 4.56. The molecule has 0 atom stereocenters. The number of fused-ring (bicyclic) bond motifs is 2. The summed E-state index contributed by atoms with van der Waals surface area (Å²) in [5.41, 5.74) is 15.3. The number of aromatic nitrogens is 4. The Balaban J connectivity index is 1.51. The maximum atomic E-state index is 12.7. The zero-order valence-electron chi connectivity index (χ0n) is 19.1. The Morgan fingerprint density at radius 2 is 1.80 bits per heavy atom. The number of nitrogen functional groups attached to an aromatic ring is 1. The SMILES string of the molecule is C=C1NCc2ccc(-c3nc4c(-c5ccc(-c6ccccc6)nc5)cnn4c(N)c3C(C)=O)cc21. The van der Waals surface area contributed by atoms with Crippen molar-refractivity contribution < 1.29 is 4.79 Å². The van der Waals surface area contributed by atoms with Crippen LogP contribution < -0.4 is 11.1 Å². The number of carbonyl (C=O) groups is 1. The van der Waals surface area contributed by atoms with Crippen molar-refractivity contribution in [2.45, 2.75) is 13.5 Å². The number of ketones is 1. The fourth-order valence-corrected chi connectivity index (χ4v) is 4.56. The van der Waals surface area contributed by atoms with Gasteiger partial charge in [0.1, 0.15) is 5.82 Å². The Labute approximate surface area is 202 Å². The highest BCUT2D eigenvalue weighted by molar-refractivity contribution is 6.05. The van der Waals surface area contributed by atoms with Gasteiger partial charge in [0.25, 0.3) is 0 Å². The summed E-state index contributed by atoms with van der Waals surface area (Å²) in [6.07, 6.45) is 3.51. The van der Waals surface area contributed by atoms with Gasteiger partial charge in [-0.1, -0.05) is 55.1 Å². The number of carbonyl (C=O) groups excluding carboxylic acids is 1. The van der Waals surface area contributed by atoms with Crippen LogP contribution >= 0.6 is 0 Å². The Morgan fingerprint density at radius 1 is 1.00 bits per heavy atom. The van der Waals surface area contributed by atoms with E-state index in [0.717, 1.165) is 51.3 Å². The van der Waals surface area contributed by atoms with Crippen molar-refractivity contribution >= 4 is 22.9 Å². The van der Waals surface area contributed by atoms with Crippen LogP contribution in [-0.4, -0.2) is 25.4 Å². The molecule has 6 rings (SSSR count). The number of anilines is 1. The van der Waals surface area contributed by atoms with Gasteiger partial charge in [-0.3, -0.25) is 9.78 Å². The molecule has 1 aliphatic heterocycles. The van der Waals surface area contributed by atoms with Crippen LogP contribution in [0.15, 0.2) is 79.6 Å². The van der Waals surface area contributed by atoms with Gasteiger partial charge in [0, 0.05) is 46.3 Å². The van der Waals surface area contributed by atoms with E-state index in [1.807, 2.05) is 60.7 Å². The lowest BCUT2D eigenvalue weighted by molar-refractivity contribution is 0.101. The van der Waals surface area contributed by atoms with E-state index in [0.29, 0.717) is 16.9 Å². The third kappa shape index (κ3) is 3.36. The fraction of sp³-hybridized carbons (Fsp3) is 0.0714. The van der Waals surface area contributed by atoms with Gasteiger partial charge >= 0.3 is 0 Å². The van der Waals surface area contributed by atoms with E-state index < -0.39 is 0 Å². The summed E-state index contributed by atoms with van der Waals surface area (Å²) in [5, 5.41) is 7.71. The first-order valence-corrected chi connectivity index (χ1v) is 11.3. The minimum Gasteiger partial charge on any atom is -0.383 e. The molecule has 7 nitrogen and oxygen atoms in total. The molecule has 7 heteroatoms.